The summed E-state index contributed by atoms with van der Waals surface area (Å²) in [6.45, 7) is -0.160. The summed E-state index contributed by atoms with van der Waals surface area (Å²) in [5, 5.41) is 2.38. The average molecular weight is 392 g/mol. The smallest absolute Gasteiger partial charge is 1.00 e. The number of halogens is 1. The van der Waals surface area contributed by atoms with Gasteiger partial charge >= 0.3 is 140 Å². The van der Waals surface area contributed by atoms with Crippen molar-refractivity contribution in [1.29, 1.82) is 0 Å². The summed E-state index contributed by atoms with van der Waals surface area (Å²) in [6, 6.07) is 7.15. The van der Waals surface area contributed by atoms with Gasteiger partial charge in [-0.3, -0.25) is 0 Å². The van der Waals surface area contributed by atoms with Crippen molar-refractivity contribution in [2.24, 2.45) is 0 Å². The number of hydrogen-bond acceptors (Lipinski definition) is 4. The molecule has 0 fully saturated rings. The minimum atomic E-state index is -4.27. The van der Waals surface area contributed by atoms with Gasteiger partial charge in [-0.05, 0) is 0 Å². The molecule has 0 heterocycles. The van der Waals surface area contributed by atoms with Crippen LogP contribution in [0.5, 0.6) is 0 Å². The molecular weight excluding hydrogens is 380 g/mol. The number of rotatable bonds is 5. The summed E-state index contributed by atoms with van der Waals surface area (Å²) in [7, 11) is -4.27. The van der Waals surface area contributed by atoms with Crippen molar-refractivity contribution in [2.75, 3.05) is 17.2 Å². The third-order valence-corrected chi connectivity index (χ3v) is 4.63. The van der Waals surface area contributed by atoms with E-state index in [2.05, 4.69) is 10.2 Å². The summed E-state index contributed by atoms with van der Waals surface area (Å²) >= 11 is -0.00293. The number of benzene rings is 1. The van der Waals surface area contributed by atoms with Gasteiger partial charge in [0.05, 0.1) is 0 Å². The number of carbonyl (C=O) groups excluding carboxylic acids is 1. The molecular formula is C10H12INNaO4S-. The van der Waals surface area contributed by atoms with Crippen molar-refractivity contribution in [3.05, 3.63) is 33.4 Å². The van der Waals surface area contributed by atoms with E-state index in [0.29, 0.717) is 5.56 Å². The summed E-state index contributed by atoms with van der Waals surface area (Å²) < 4.78 is 32.2. The molecule has 96 valence electrons. The third kappa shape index (κ3) is 7.05. The number of hydrogen-bond donors (Lipinski definition) is 1. The van der Waals surface area contributed by atoms with E-state index in [0.717, 1.165) is 0 Å². The Labute approximate surface area is 139 Å². The molecule has 0 atom stereocenters. The van der Waals surface area contributed by atoms with Crippen LogP contribution in [0, 0.1) is 3.57 Å². The first-order valence-electron chi connectivity index (χ1n) is 4.73. The van der Waals surface area contributed by atoms with E-state index in [1.54, 1.807) is 12.1 Å². The fourth-order valence-corrected chi connectivity index (χ4v) is 2.55. The molecule has 0 bridgehead atoms. The van der Waals surface area contributed by atoms with Gasteiger partial charge in [0.2, 0.25) is 0 Å². The van der Waals surface area contributed by atoms with Gasteiger partial charge in [0.1, 0.15) is 0 Å². The van der Waals surface area contributed by atoms with Gasteiger partial charge in [0.15, 0.2) is 0 Å². The van der Waals surface area contributed by atoms with Crippen LogP contribution in [-0.2, 0) is 10.1 Å². The number of amides is 1. The number of nitrogens with one attached hydrogen (secondary N) is 1. The van der Waals surface area contributed by atoms with Gasteiger partial charge in [0.25, 0.3) is 0 Å². The Morgan fingerprint density at radius 2 is 1.89 bits per heavy atom. The molecule has 1 amide bonds. The van der Waals surface area contributed by atoms with Crippen molar-refractivity contribution in [2.45, 2.75) is 0 Å². The van der Waals surface area contributed by atoms with Crippen LogP contribution in [0.15, 0.2) is 24.3 Å². The van der Waals surface area contributed by atoms with Gasteiger partial charge in [-0.1, -0.05) is 0 Å². The second kappa shape index (κ2) is 8.49. The molecule has 0 aliphatic rings. The maximum Gasteiger partial charge on any atom is 1.00 e. The van der Waals surface area contributed by atoms with E-state index >= 15 is 0 Å². The maximum atomic E-state index is 11.5. The van der Waals surface area contributed by atoms with Crippen LogP contribution in [0.3, 0.4) is 0 Å². The van der Waals surface area contributed by atoms with Crippen LogP contribution in [0.1, 0.15) is 10.4 Å². The van der Waals surface area contributed by atoms with E-state index in [1.807, 2.05) is 12.1 Å². The summed E-state index contributed by atoms with van der Waals surface area (Å²) in [5.74, 6) is -0.952. The molecule has 1 N–H and O–H groups in total. The predicted octanol–water partition coefficient (Wildman–Crippen LogP) is -6.15. The molecule has 1 rings (SSSR count). The molecule has 0 saturated heterocycles. The van der Waals surface area contributed by atoms with E-state index < -0.39 is 15.9 Å². The molecule has 0 aliphatic carbocycles. The minimum absolute atomic E-state index is 0. The fourth-order valence-electron chi connectivity index (χ4n) is 1.12. The molecule has 8 heteroatoms. The van der Waals surface area contributed by atoms with Crippen LogP contribution in [0.4, 0.5) is 0 Å². The SMILES string of the molecule is C[I-]c1ccc(C(=O)NCCS(=O)(=O)[O-])cc1.[Na+]. The van der Waals surface area contributed by atoms with Gasteiger partial charge in [0, 0.05) is 0 Å². The van der Waals surface area contributed by atoms with E-state index in [4.69, 9.17) is 0 Å². The molecule has 0 spiro atoms. The Kier molecular flexibility index (Phi) is 8.65. The molecule has 1 aromatic carbocycles. The fraction of sp³-hybridized carbons (Fsp3) is 0.300. The largest absolute Gasteiger partial charge is 1.00 e. The van der Waals surface area contributed by atoms with E-state index in [-0.39, 0.29) is 63.2 Å². The molecule has 1 aromatic rings. The molecule has 0 unspecified atom stereocenters. The van der Waals surface area contributed by atoms with Crippen molar-refractivity contribution in [1.82, 2.24) is 5.32 Å². The molecule has 0 radical (unpaired) electrons. The normalized spacial score (nSPS) is 10.8. The number of alkyl halides is 1. The van der Waals surface area contributed by atoms with Gasteiger partial charge in [-0.2, -0.15) is 0 Å². The molecule has 0 aromatic heterocycles. The van der Waals surface area contributed by atoms with Crippen molar-refractivity contribution in [3.63, 3.8) is 0 Å². The first-order valence-corrected chi connectivity index (χ1v) is 9.55. The Morgan fingerprint density at radius 1 is 1.33 bits per heavy atom. The van der Waals surface area contributed by atoms with Crippen LogP contribution < -0.4 is 56.1 Å². The third-order valence-electron chi connectivity index (χ3n) is 1.96. The molecule has 0 saturated carbocycles. The second-order valence-electron chi connectivity index (χ2n) is 3.21. The maximum absolute atomic E-state index is 11.5. The summed E-state index contributed by atoms with van der Waals surface area (Å²) in [5.41, 5.74) is 0.467. The topological polar surface area (TPSA) is 86.3 Å². The second-order valence-corrected chi connectivity index (χ2v) is 7.06. The molecule has 18 heavy (non-hydrogen) atoms. The zero-order chi connectivity index (χ0) is 12.9. The van der Waals surface area contributed by atoms with E-state index in [9.17, 15) is 17.8 Å². The van der Waals surface area contributed by atoms with Gasteiger partial charge in [-0.15, -0.1) is 0 Å². The van der Waals surface area contributed by atoms with Crippen molar-refractivity contribution < 1.29 is 68.5 Å². The Hall–Kier alpha value is 0.330. The molecule has 0 aliphatic heterocycles. The van der Waals surface area contributed by atoms with Crippen molar-refractivity contribution >= 4 is 16.0 Å². The average Bonchev–Trinajstić information content (AvgIpc) is 2.27. The Bertz CT molecular complexity index is 489. The van der Waals surface area contributed by atoms with Crippen LogP contribution in [0.2, 0.25) is 0 Å². The minimum Gasteiger partial charge on any atom is 1.00 e. The number of carbonyl (C=O) groups is 1. The first-order chi connectivity index (χ1) is 7.92. The zero-order valence-corrected chi connectivity index (χ0v) is 15.1. The van der Waals surface area contributed by atoms with Crippen molar-refractivity contribution in [3.8, 4) is 0 Å². The van der Waals surface area contributed by atoms with Crippen LogP contribution >= 0.6 is 0 Å². The summed E-state index contributed by atoms with van der Waals surface area (Å²) in [6.07, 6.45) is 0. The zero-order valence-electron chi connectivity index (χ0n) is 10.1. The first kappa shape index (κ1) is 18.3. The Morgan fingerprint density at radius 3 is 2.33 bits per heavy atom. The summed E-state index contributed by atoms with van der Waals surface area (Å²) in [4.78, 5) is 13.6. The van der Waals surface area contributed by atoms with E-state index in [1.165, 1.54) is 3.57 Å². The standard InChI is InChI=1S/C10H13INO4S.Na/c1-11-9-4-2-8(3-5-9)10(13)12-6-7-17(14,15)16;/h2-5H,6-7H2,1H3,(H,12,13)(H,14,15,16);/q-1;+1/p-1. The molecule has 5 nitrogen and oxygen atoms in total. The van der Waals surface area contributed by atoms with Gasteiger partial charge < -0.3 is 0 Å². The van der Waals surface area contributed by atoms with Gasteiger partial charge in [-0.25, -0.2) is 0 Å². The van der Waals surface area contributed by atoms with Crippen LogP contribution in [-0.4, -0.2) is 36.1 Å². The monoisotopic (exact) mass is 392 g/mol. The van der Waals surface area contributed by atoms with Crippen LogP contribution in [0.25, 0.3) is 0 Å². The predicted molar refractivity (Wildman–Crippen MR) is 58.0 cm³/mol. The Balaban J connectivity index is 0.00000289. The quantitative estimate of drug-likeness (QED) is 0.234.